The van der Waals surface area contributed by atoms with Gasteiger partial charge in [-0.25, -0.2) is 0 Å². The quantitative estimate of drug-likeness (QED) is 0.411. The minimum absolute atomic E-state index is 0.105. The van der Waals surface area contributed by atoms with Crippen molar-refractivity contribution in [3.63, 3.8) is 0 Å². The van der Waals surface area contributed by atoms with E-state index in [0.29, 0.717) is 28.8 Å². The zero-order chi connectivity index (χ0) is 27.7. The van der Waals surface area contributed by atoms with Gasteiger partial charge in [0, 0.05) is 53.5 Å². The van der Waals surface area contributed by atoms with E-state index in [9.17, 15) is 14.4 Å². The van der Waals surface area contributed by atoms with Gasteiger partial charge >= 0.3 is 0 Å². The van der Waals surface area contributed by atoms with Gasteiger partial charge in [0.15, 0.2) is 29.7 Å². The van der Waals surface area contributed by atoms with E-state index >= 15 is 0 Å². The lowest BCUT2D eigenvalue weighted by molar-refractivity contribution is -0.118. The van der Waals surface area contributed by atoms with Gasteiger partial charge in [0.25, 0.3) is 5.91 Å². The fourth-order valence-corrected chi connectivity index (χ4v) is 6.59. The second kappa shape index (κ2) is 11.4. The van der Waals surface area contributed by atoms with E-state index in [0.717, 1.165) is 71.6 Å². The van der Waals surface area contributed by atoms with Gasteiger partial charge in [0.05, 0.1) is 11.6 Å². The Kier molecular flexibility index (Phi) is 7.93. The molecule has 2 aromatic rings. The maximum Gasteiger partial charge on any atom is 0.262 e. The molecule has 8 heteroatoms. The SMILES string of the molecule is CCN1C2=C(C(=O)CCC2)C(c2cc(Br)c(OCC(=O)Nc3ccccc3C)c(OC)c2)C2=C1CCCC2=O. The van der Waals surface area contributed by atoms with Crippen LogP contribution < -0.4 is 14.8 Å². The molecule has 0 saturated heterocycles. The molecule has 7 nitrogen and oxygen atoms in total. The Balaban J connectivity index is 1.50. The molecule has 0 saturated carbocycles. The molecule has 1 heterocycles. The minimum atomic E-state index is -0.443. The van der Waals surface area contributed by atoms with Crippen LogP contribution in [0.15, 0.2) is 63.4 Å². The van der Waals surface area contributed by atoms with Crippen LogP contribution in [0, 0.1) is 6.92 Å². The molecular weight excluding hydrogens is 560 g/mol. The van der Waals surface area contributed by atoms with Crippen molar-refractivity contribution in [2.24, 2.45) is 0 Å². The van der Waals surface area contributed by atoms with Crippen LogP contribution >= 0.6 is 15.9 Å². The summed E-state index contributed by atoms with van der Waals surface area (Å²) in [6.45, 7) is 4.53. The van der Waals surface area contributed by atoms with E-state index in [2.05, 4.69) is 33.1 Å². The number of carbonyl (C=O) groups is 3. The van der Waals surface area contributed by atoms with E-state index in [-0.39, 0.29) is 24.1 Å². The van der Waals surface area contributed by atoms with Gasteiger partial charge in [-0.2, -0.15) is 0 Å². The van der Waals surface area contributed by atoms with Crippen LogP contribution in [0.5, 0.6) is 11.5 Å². The lowest BCUT2D eigenvalue weighted by atomic mass is 9.71. The van der Waals surface area contributed by atoms with Gasteiger partial charge in [0.1, 0.15) is 0 Å². The van der Waals surface area contributed by atoms with Crippen molar-refractivity contribution in [1.82, 2.24) is 4.90 Å². The highest BCUT2D eigenvalue weighted by molar-refractivity contribution is 9.10. The number of para-hydroxylation sites is 1. The van der Waals surface area contributed by atoms with Crippen LogP contribution in [0.2, 0.25) is 0 Å². The number of anilines is 1. The maximum absolute atomic E-state index is 13.4. The van der Waals surface area contributed by atoms with Crippen molar-refractivity contribution in [3.8, 4) is 11.5 Å². The van der Waals surface area contributed by atoms with Crippen molar-refractivity contribution >= 4 is 39.1 Å². The molecule has 1 aliphatic heterocycles. The van der Waals surface area contributed by atoms with Crippen LogP contribution in [0.25, 0.3) is 0 Å². The lowest BCUT2D eigenvalue weighted by Crippen LogP contribution is -2.39. The Bertz CT molecular complexity index is 1370. The van der Waals surface area contributed by atoms with Gasteiger partial charge < -0.3 is 19.7 Å². The molecule has 2 aromatic carbocycles. The third-order valence-electron chi connectivity index (χ3n) is 7.75. The van der Waals surface area contributed by atoms with E-state index < -0.39 is 5.92 Å². The molecule has 5 rings (SSSR count). The van der Waals surface area contributed by atoms with Crippen LogP contribution in [0.1, 0.15) is 62.5 Å². The summed E-state index contributed by atoms with van der Waals surface area (Å²) in [6.07, 6.45) is 4.26. The number of aryl methyl sites for hydroxylation is 1. The standard InChI is InChI=1S/C31H33BrN2O5/c1-4-34-22-11-7-13-24(35)29(22)28(30-23(34)12-8-14-25(30)36)19-15-20(32)31(26(16-19)38-3)39-17-27(37)33-21-10-6-5-9-18(21)2/h5-6,9-10,15-16,28H,4,7-8,11-14,17H2,1-3H3,(H,33,37). The summed E-state index contributed by atoms with van der Waals surface area (Å²) in [5.41, 5.74) is 6.06. The summed E-state index contributed by atoms with van der Waals surface area (Å²) in [4.78, 5) is 41.6. The summed E-state index contributed by atoms with van der Waals surface area (Å²) in [5.74, 6) is 0.291. The van der Waals surface area contributed by atoms with Crippen LogP contribution in [-0.2, 0) is 14.4 Å². The van der Waals surface area contributed by atoms with E-state index in [1.54, 1.807) is 7.11 Å². The number of amides is 1. The van der Waals surface area contributed by atoms with Crippen LogP contribution in [0.4, 0.5) is 5.69 Å². The molecule has 0 radical (unpaired) electrons. The molecular formula is C31H33BrN2O5. The summed E-state index contributed by atoms with van der Waals surface area (Å²) < 4.78 is 12.2. The Hall–Kier alpha value is -3.39. The van der Waals surface area contributed by atoms with E-state index in [1.807, 2.05) is 43.3 Å². The highest BCUT2D eigenvalue weighted by Crippen LogP contribution is 2.51. The number of methoxy groups -OCH3 is 1. The summed E-state index contributed by atoms with van der Waals surface area (Å²) >= 11 is 3.62. The molecule has 2 aliphatic carbocycles. The van der Waals surface area contributed by atoms with Crippen LogP contribution in [0.3, 0.4) is 0 Å². The molecule has 0 unspecified atom stereocenters. The number of allylic oxidation sites excluding steroid dienone is 4. The number of hydrogen-bond acceptors (Lipinski definition) is 6. The van der Waals surface area contributed by atoms with Gasteiger partial charge in [0.2, 0.25) is 0 Å². The van der Waals surface area contributed by atoms with Crippen LogP contribution in [-0.4, -0.2) is 42.6 Å². The predicted octanol–water partition coefficient (Wildman–Crippen LogP) is 6.22. The number of benzene rings is 2. The van der Waals surface area contributed by atoms with Crippen molar-refractivity contribution in [1.29, 1.82) is 0 Å². The topological polar surface area (TPSA) is 84.9 Å². The summed E-state index contributed by atoms with van der Waals surface area (Å²) in [6, 6.07) is 11.3. The van der Waals surface area contributed by atoms with Crippen molar-refractivity contribution < 1.29 is 23.9 Å². The first-order valence-electron chi connectivity index (χ1n) is 13.5. The first-order chi connectivity index (χ1) is 18.8. The number of Topliss-reactive ketones (excluding diaryl/α,β-unsaturated/α-hetero) is 2. The number of ether oxygens (including phenoxy) is 2. The third-order valence-corrected chi connectivity index (χ3v) is 8.34. The van der Waals surface area contributed by atoms with E-state index in [4.69, 9.17) is 9.47 Å². The minimum Gasteiger partial charge on any atom is -0.493 e. The molecule has 0 aromatic heterocycles. The van der Waals surface area contributed by atoms with Crippen molar-refractivity contribution in [2.45, 2.75) is 58.3 Å². The molecule has 3 aliphatic rings. The fourth-order valence-electron chi connectivity index (χ4n) is 6.02. The highest BCUT2D eigenvalue weighted by Gasteiger charge is 2.43. The third kappa shape index (κ3) is 5.14. The molecule has 0 bridgehead atoms. The molecule has 39 heavy (non-hydrogen) atoms. The number of ketones is 2. The van der Waals surface area contributed by atoms with Gasteiger partial charge in [-0.05, 0) is 84.8 Å². The number of hydrogen-bond donors (Lipinski definition) is 1. The Morgan fingerprint density at radius 1 is 1.03 bits per heavy atom. The highest BCUT2D eigenvalue weighted by atomic mass is 79.9. The average molecular weight is 594 g/mol. The molecule has 0 atom stereocenters. The first-order valence-corrected chi connectivity index (χ1v) is 14.3. The van der Waals surface area contributed by atoms with Gasteiger partial charge in [-0.1, -0.05) is 18.2 Å². The zero-order valence-electron chi connectivity index (χ0n) is 22.6. The second-order valence-electron chi connectivity index (χ2n) is 10.1. The normalized spacial score (nSPS) is 17.7. The monoisotopic (exact) mass is 592 g/mol. The van der Waals surface area contributed by atoms with Crippen molar-refractivity contribution in [2.75, 3.05) is 25.6 Å². The molecule has 1 N–H and O–H groups in total. The Morgan fingerprint density at radius 3 is 2.26 bits per heavy atom. The Labute approximate surface area is 237 Å². The second-order valence-corrected chi connectivity index (χ2v) is 11.0. The number of nitrogens with zero attached hydrogens (tertiary/aromatic N) is 1. The summed E-state index contributed by atoms with van der Waals surface area (Å²) in [5, 5.41) is 2.87. The predicted molar refractivity (Wildman–Crippen MR) is 153 cm³/mol. The number of nitrogens with one attached hydrogen (secondary N) is 1. The lowest BCUT2D eigenvalue weighted by Gasteiger charge is -2.43. The average Bonchev–Trinajstić information content (AvgIpc) is 2.92. The van der Waals surface area contributed by atoms with E-state index in [1.165, 1.54) is 0 Å². The first kappa shape index (κ1) is 27.2. The maximum atomic E-state index is 13.4. The van der Waals surface area contributed by atoms with Gasteiger partial charge in [-0.3, -0.25) is 14.4 Å². The molecule has 0 spiro atoms. The largest absolute Gasteiger partial charge is 0.493 e. The Morgan fingerprint density at radius 2 is 1.67 bits per heavy atom. The molecule has 1 amide bonds. The van der Waals surface area contributed by atoms with Gasteiger partial charge in [-0.15, -0.1) is 0 Å². The molecule has 204 valence electrons. The number of carbonyl (C=O) groups excluding carboxylic acids is 3. The van der Waals surface area contributed by atoms with Crippen molar-refractivity contribution in [3.05, 3.63) is 74.5 Å². The summed E-state index contributed by atoms with van der Waals surface area (Å²) in [7, 11) is 1.54. The number of rotatable bonds is 7. The molecule has 0 fully saturated rings. The smallest absolute Gasteiger partial charge is 0.262 e. The number of halogens is 1. The zero-order valence-corrected chi connectivity index (χ0v) is 24.2. The fraction of sp³-hybridized carbons (Fsp3) is 0.387.